The van der Waals surface area contributed by atoms with E-state index in [2.05, 4.69) is 11.3 Å². The summed E-state index contributed by atoms with van der Waals surface area (Å²) >= 11 is 0. The fourth-order valence-electron chi connectivity index (χ4n) is 1.65. The third kappa shape index (κ3) is 5.48. The molecule has 0 saturated heterocycles. The molecule has 0 aliphatic carbocycles. The van der Waals surface area contributed by atoms with E-state index >= 15 is 0 Å². The Morgan fingerprint density at radius 2 is 1.03 bits per heavy atom. The normalized spacial score (nSPS) is 15.1. The summed E-state index contributed by atoms with van der Waals surface area (Å²) in [6, 6.07) is 0. The van der Waals surface area contributed by atoms with Gasteiger partial charge in [0.05, 0.1) is 19.4 Å². The van der Waals surface area contributed by atoms with Gasteiger partial charge in [0.15, 0.2) is 0 Å². The first-order valence-electron chi connectivity index (χ1n) is 7.13. The van der Waals surface area contributed by atoms with Crippen molar-refractivity contribution in [3.8, 4) is 0 Å². The predicted octanol–water partition coefficient (Wildman–Crippen LogP) is 6.17. The first-order valence-corrected chi connectivity index (χ1v) is 7.13. The highest BCUT2D eigenvalue weighted by Crippen LogP contribution is 2.60. The van der Waals surface area contributed by atoms with E-state index < -0.39 is 73.0 Å². The fourth-order valence-corrected chi connectivity index (χ4v) is 1.65. The Morgan fingerprint density at radius 1 is 0.645 bits per heavy atom. The van der Waals surface area contributed by atoms with E-state index in [1.165, 1.54) is 0 Å². The van der Waals surface area contributed by atoms with Crippen LogP contribution in [-0.4, -0.2) is 54.5 Å². The first kappa shape index (κ1) is 29.1. The second-order valence-corrected chi connectivity index (χ2v) is 5.78. The van der Waals surface area contributed by atoms with E-state index in [-0.39, 0.29) is 0 Å². The summed E-state index contributed by atoms with van der Waals surface area (Å²) < 4.78 is 206. The molecule has 0 rings (SSSR count). The number of carbonyl (C=O) groups is 1. The molecule has 0 bridgehead atoms. The molecule has 0 aliphatic rings. The van der Waals surface area contributed by atoms with Crippen LogP contribution < -0.4 is 0 Å². The summed E-state index contributed by atoms with van der Waals surface area (Å²) in [5.41, 5.74) is -1.48. The third-order valence-corrected chi connectivity index (χ3v) is 3.35. The highest BCUT2D eigenvalue weighted by molar-refractivity contribution is 5.87. The molecule has 0 aromatic carbocycles. The Hall–Kier alpha value is -1.91. The van der Waals surface area contributed by atoms with Crippen LogP contribution in [0.4, 0.5) is 70.2 Å². The highest BCUT2D eigenvalue weighted by Gasteiger charge is 2.90. The van der Waals surface area contributed by atoms with Crippen LogP contribution in [0.3, 0.4) is 0 Å². The number of alkyl halides is 16. The SMILES string of the molecule is C=C(CC(F)(F)F)C(=O)OCCC(F)(F)C(F)(F)C(F)(F)C(F)(F)C(F)(F)C(F)(F)F. The van der Waals surface area contributed by atoms with E-state index in [9.17, 15) is 75.0 Å². The fraction of sp³-hybridized carbons (Fsp3) is 0.769. The summed E-state index contributed by atoms with van der Waals surface area (Å²) in [4.78, 5) is 11.0. The Bertz CT molecular complexity index is 672. The minimum absolute atomic E-state index is 1.48. The summed E-state index contributed by atoms with van der Waals surface area (Å²) in [6.45, 7) is 0.329. The summed E-state index contributed by atoms with van der Waals surface area (Å²) in [5, 5.41) is 0. The number of hydrogen-bond acceptors (Lipinski definition) is 2. The predicted molar refractivity (Wildman–Crippen MR) is 66.2 cm³/mol. The zero-order chi connectivity index (χ0) is 25.5. The van der Waals surface area contributed by atoms with Crippen LogP contribution in [0.25, 0.3) is 0 Å². The topological polar surface area (TPSA) is 26.3 Å². The number of carbonyl (C=O) groups excluding carboxylic acids is 1. The highest BCUT2D eigenvalue weighted by atomic mass is 19.4. The molecular formula is C13H8F16O2. The van der Waals surface area contributed by atoms with Gasteiger partial charge in [0, 0.05) is 5.57 Å². The van der Waals surface area contributed by atoms with Gasteiger partial charge < -0.3 is 4.74 Å². The number of ether oxygens (including phenoxy) is 1. The number of rotatable bonds is 9. The molecule has 184 valence electrons. The van der Waals surface area contributed by atoms with Crippen LogP contribution >= 0.6 is 0 Å². The molecule has 0 aromatic rings. The van der Waals surface area contributed by atoms with Crippen LogP contribution in [0.15, 0.2) is 12.2 Å². The van der Waals surface area contributed by atoms with Crippen LogP contribution in [0, 0.1) is 0 Å². The van der Waals surface area contributed by atoms with Gasteiger partial charge in [-0.15, -0.1) is 0 Å². The van der Waals surface area contributed by atoms with E-state index in [1.807, 2.05) is 0 Å². The number of hydrogen-bond donors (Lipinski definition) is 0. The molecule has 31 heavy (non-hydrogen) atoms. The van der Waals surface area contributed by atoms with Gasteiger partial charge in [-0.2, -0.15) is 70.2 Å². The lowest BCUT2D eigenvalue weighted by molar-refractivity contribution is -0.440. The van der Waals surface area contributed by atoms with Gasteiger partial charge in [-0.25, -0.2) is 4.79 Å². The van der Waals surface area contributed by atoms with Crippen molar-refractivity contribution in [1.82, 2.24) is 0 Å². The van der Waals surface area contributed by atoms with Crippen molar-refractivity contribution in [1.29, 1.82) is 0 Å². The average molecular weight is 500 g/mol. The quantitative estimate of drug-likeness (QED) is 0.215. The Kier molecular flexibility index (Phi) is 7.71. The lowest BCUT2D eigenvalue weighted by Crippen LogP contribution is -2.70. The van der Waals surface area contributed by atoms with Gasteiger partial charge >= 0.3 is 47.9 Å². The summed E-state index contributed by atoms with van der Waals surface area (Å²) in [5.74, 6) is -40.2. The van der Waals surface area contributed by atoms with E-state index in [1.54, 1.807) is 0 Å². The largest absolute Gasteiger partial charge is 0.462 e. The molecule has 0 fully saturated rings. The minimum atomic E-state index is -8.08. The summed E-state index contributed by atoms with van der Waals surface area (Å²) in [7, 11) is 0. The van der Waals surface area contributed by atoms with E-state index in [0.717, 1.165) is 0 Å². The lowest BCUT2D eigenvalue weighted by Gasteiger charge is -2.39. The van der Waals surface area contributed by atoms with Gasteiger partial charge in [-0.1, -0.05) is 6.58 Å². The molecule has 0 N–H and O–H groups in total. The van der Waals surface area contributed by atoms with Gasteiger partial charge in [0.1, 0.15) is 0 Å². The van der Waals surface area contributed by atoms with E-state index in [4.69, 9.17) is 0 Å². The minimum Gasteiger partial charge on any atom is -0.462 e. The Morgan fingerprint density at radius 3 is 1.39 bits per heavy atom. The van der Waals surface area contributed by atoms with Crippen molar-refractivity contribution in [2.24, 2.45) is 0 Å². The molecule has 0 saturated carbocycles. The molecule has 0 heterocycles. The van der Waals surface area contributed by atoms with E-state index in [0.29, 0.717) is 0 Å². The van der Waals surface area contributed by atoms with Crippen molar-refractivity contribution < 1.29 is 79.8 Å². The number of esters is 1. The molecule has 0 amide bonds. The third-order valence-electron chi connectivity index (χ3n) is 3.35. The van der Waals surface area contributed by atoms with Crippen molar-refractivity contribution >= 4 is 5.97 Å². The van der Waals surface area contributed by atoms with Crippen molar-refractivity contribution in [2.45, 2.75) is 54.8 Å². The van der Waals surface area contributed by atoms with Gasteiger partial charge in [0.2, 0.25) is 0 Å². The zero-order valence-corrected chi connectivity index (χ0v) is 14.2. The molecule has 0 aliphatic heterocycles. The monoisotopic (exact) mass is 500 g/mol. The molecule has 0 unspecified atom stereocenters. The average Bonchev–Trinajstić information content (AvgIpc) is 2.50. The van der Waals surface area contributed by atoms with Gasteiger partial charge in [-0.3, -0.25) is 0 Å². The van der Waals surface area contributed by atoms with Crippen LogP contribution in [0.2, 0.25) is 0 Å². The molecule has 2 nitrogen and oxygen atoms in total. The maximum Gasteiger partial charge on any atom is 0.460 e. The first-order chi connectivity index (χ1) is 13.3. The van der Waals surface area contributed by atoms with Gasteiger partial charge in [-0.05, 0) is 0 Å². The van der Waals surface area contributed by atoms with Crippen LogP contribution in [0.1, 0.15) is 12.8 Å². The molecule has 18 heteroatoms. The Labute approximate surface area is 160 Å². The Balaban J connectivity index is 5.60. The second-order valence-electron chi connectivity index (χ2n) is 5.78. The van der Waals surface area contributed by atoms with Crippen molar-refractivity contribution in [2.75, 3.05) is 6.61 Å². The second kappa shape index (κ2) is 8.22. The molecule has 0 aromatic heterocycles. The van der Waals surface area contributed by atoms with Crippen LogP contribution in [-0.2, 0) is 9.53 Å². The molecular weight excluding hydrogens is 492 g/mol. The maximum atomic E-state index is 13.4. The standard InChI is InChI=1S/C13H8F16O2/c1-5(4-8(16,17)18)6(30)31-3-2-7(14,15)9(19,20)10(21,22)11(23,24)12(25,26)13(27,28)29/h1-4H2. The van der Waals surface area contributed by atoms with Crippen molar-refractivity contribution in [3.63, 3.8) is 0 Å². The smallest absolute Gasteiger partial charge is 0.460 e. The summed E-state index contributed by atoms with van der Waals surface area (Å²) in [6.07, 6.45) is -17.6. The molecule has 0 spiro atoms. The number of halogens is 16. The van der Waals surface area contributed by atoms with Crippen molar-refractivity contribution in [3.05, 3.63) is 12.2 Å². The molecule has 0 radical (unpaired) electrons. The maximum absolute atomic E-state index is 13.4. The van der Waals surface area contributed by atoms with Crippen LogP contribution in [0.5, 0.6) is 0 Å². The lowest BCUT2D eigenvalue weighted by atomic mass is 9.93. The van der Waals surface area contributed by atoms with Gasteiger partial charge in [0.25, 0.3) is 0 Å². The zero-order valence-electron chi connectivity index (χ0n) is 14.2. The molecule has 0 atom stereocenters.